The summed E-state index contributed by atoms with van der Waals surface area (Å²) < 4.78 is 1.81. The molecule has 3 rings (SSSR count). The van der Waals surface area contributed by atoms with Gasteiger partial charge in [0.05, 0.1) is 17.9 Å². The average molecular weight is 341 g/mol. The van der Waals surface area contributed by atoms with Crippen LogP contribution in [0.4, 0.5) is 0 Å². The molecule has 0 atom stereocenters. The smallest absolute Gasteiger partial charge is 0.124 e. The normalized spacial score (nSPS) is 10.9. The van der Waals surface area contributed by atoms with Gasteiger partial charge in [0.15, 0.2) is 0 Å². The van der Waals surface area contributed by atoms with Gasteiger partial charge in [-0.15, -0.1) is 16.4 Å². The molecule has 3 heterocycles. The van der Waals surface area contributed by atoms with E-state index in [1.54, 1.807) is 22.7 Å². The molecule has 0 bridgehead atoms. The molecule has 0 aliphatic heterocycles. The highest BCUT2D eigenvalue weighted by molar-refractivity contribution is 9.08. The summed E-state index contributed by atoms with van der Waals surface area (Å²) in [5.74, 6) is 0. The largest absolute Gasteiger partial charge is 0.246 e. The summed E-state index contributed by atoms with van der Waals surface area (Å²) in [6, 6.07) is 2.09. The maximum atomic E-state index is 4.61. The van der Waals surface area contributed by atoms with Crippen molar-refractivity contribution in [2.45, 2.75) is 11.9 Å². The monoisotopic (exact) mass is 340 g/mol. The summed E-state index contributed by atoms with van der Waals surface area (Å²) in [5, 5.41) is 16.1. The van der Waals surface area contributed by atoms with E-state index in [4.69, 9.17) is 0 Å². The molecular weight excluding hydrogens is 332 g/mol. The predicted molar refractivity (Wildman–Crippen MR) is 77.2 cm³/mol. The van der Waals surface area contributed by atoms with Gasteiger partial charge in [0, 0.05) is 27.9 Å². The lowest BCUT2D eigenvalue weighted by Crippen LogP contribution is -2.00. The minimum Gasteiger partial charge on any atom is -0.246 e. The van der Waals surface area contributed by atoms with Crippen molar-refractivity contribution in [2.75, 3.05) is 0 Å². The second kappa shape index (κ2) is 5.29. The van der Waals surface area contributed by atoms with Gasteiger partial charge in [-0.05, 0) is 11.4 Å². The first-order chi connectivity index (χ1) is 8.85. The van der Waals surface area contributed by atoms with Crippen LogP contribution >= 0.6 is 38.6 Å². The number of hydrogen-bond acceptors (Lipinski definition) is 5. The third kappa shape index (κ3) is 2.52. The number of alkyl halides is 1. The topological polar surface area (TPSA) is 43.6 Å². The number of rotatable bonds is 4. The molecule has 0 saturated carbocycles. The molecular formula is C11H9BrN4S2. The Morgan fingerprint density at radius 1 is 1.28 bits per heavy atom. The second-order valence-corrected chi connectivity index (χ2v) is 5.90. The zero-order valence-electron chi connectivity index (χ0n) is 9.28. The van der Waals surface area contributed by atoms with Crippen LogP contribution in [-0.2, 0) is 11.9 Å². The molecule has 3 aromatic heterocycles. The minimum absolute atomic E-state index is 0.667. The summed E-state index contributed by atoms with van der Waals surface area (Å²) >= 11 is 6.71. The van der Waals surface area contributed by atoms with E-state index >= 15 is 0 Å². The van der Waals surface area contributed by atoms with Crippen molar-refractivity contribution < 1.29 is 0 Å². The van der Waals surface area contributed by atoms with E-state index in [9.17, 15) is 0 Å². The van der Waals surface area contributed by atoms with Crippen LogP contribution in [0.1, 0.15) is 11.4 Å². The fourth-order valence-electron chi connectivity index (χ4n) is 1.54. The van der Waals surface area contributed by atoms with E-state index in [1.807, 2.05) is 10.9 Å². The summed E-state index contributed by atoms with van der Waals surface area (Å²) in [4.78, 5) is 4.61. The Labute approximate surface area is 120 Å². The quantitative estimate of drug-likeness (QED) is 0.683. The van der Waals surface area contributed by atoms with E-state index in [-0.39, 0.29) is 0 Å². The SMILES string of the molecule is BrCc1cn(Cc2csc(-c3ccsc3)n2)nn1. The van der Waals surface area contributed by atoms with Crippen molar-refractivity contribution in [3.05, 3.63) is 39.8 Å². The third-order valence-corrected chi connectivity index (χ3v) is 4.56. The molecule has 0 N–H and O–H groups in total. The summed E-state index contributed by atoms with van der Waals surface area (Å²) in [6.07, 6.45) is 1.93. The molecule has 0 radical (unpaired) electrons. The molecule has 0 amide bonds. The molecule has 18 heavy (non-hydrogen) atoms. The number of thiophene rings is 1. The van der Waals surface area contributed by atoms with Gasteiger partial charge in [-0.2, -0.15) is 11.3 Å². The van der Waals surface area contributed by atoms with Gasteiger partial charge < -0.3 is 0 Å². The molecule has 0 aliphatic carbocycles. The lowest BCUT2D eigenvalue weighted by Gasteiger charge is -1.94. The van der Waals surface area contributed by atoms with E-state index in [0.29, 0.717) is 6.54 Å². The average Bonchev–Trinajstić information content (AvgIpc) is 3.10. The van der Waals surface area contributed by atoms with Crippen molar-refractivity contribution in [2.24, 2.45) is 0 Å². The Kier molecular flexibility index (Phi) is 3.53. The van der Waals surface area contributed by atoms with Gasteiger partial charge in [0.2, 0.25) is 0 Å². The molecule has 0 aromatic carbocycles. The highest BCUT2D eigenvalue weighted by Crippen LogP contribution is 2.25. The van der Waals surface area contributed by atoms with Crippen molar-refractivity contribution in [3.8, 4) is 10.6 Å². The number of aromatic nitrogens is 4. The summed E-state index contributed by atoms with van der Waals surface area (Å²) in [5.41, 5.74) is 3.14. The molecule has 4 nitrogen and oxygen atoms in total. The van der Waals surface area contributed by atoms with Crippen LogP contribution in [0.2, 0.25) is 0 Å². The molecule has 92 valence electrons. The fourth-order valence-corrected chi connectivity index (χ4v) is 3.32. The van der Waals surface area contributed by atoms with Gasteiger partial charge in [-0.3, -0.25) is 0 Å². The maximum Gasteiger partial charge on any atom is 0.124 e. The first-order valence-electron chi connectivity index (χ1n) is 5.27. The Morgan fingerprint density at radius 2 is 2.22 bits per heavy atom. The van der Waals surface area contributed by atoms with E-state index in [1.165, 1.54) is 5.56 Å². The zero-order chi connectivity index (χ0) is 12.4. The van der Waals surface area contributed by atoms with Crippen molar-refractivity contribution in [1.82, 2.24) is 20.0 Å². The summed E-state index contributed by atoms with van der Waals surface area (Å²) in [7, 11) is 0. The number of hydrogen-bond donors (Lipinski definition) is 0. The number of nitrogens with zero attached hydrogens (tertiary/aromatic N) is 4. The van der Waals surface area contributed by atoms with Gasteiger partial charge in [0.1, 0.15) is 5.01 Å². The minimum atomic E-state index is 0.667. The maximum absolute atomic E-state index is 4.61. The summed E-state index contributed by atoms with van der Waals surface area (Å²) in [6.45, 7) is 0.667. The lowest BCUT2D eigenvalue weighted by atomic mass is 10.3. The van der Waals surface area contributed by atoms with Crippen molar-refractivity contribution >= 4 is 38.6 Å². The van der Waals surface area contributed by atoms with Crippen molar-refractivity contribution in [1.29, 1.82) is 0 Å². The lowest BCUT2D eigenvalue weighted by molar-refractivity contribution is 0.641. The van der Waals surface area contributed by atoms with Gasteiger partial charge in [-0.25, -0.2) is 9.67 Å². The van der Waals surface area contributed by atoms with Crippen molar-refractivity contribution in [3.63, 3.8) is 0 Å². The number of halogens is 1. The van der Waals surface area contributed by atoms with E-state index in [2.05, 4.69) is 53.4 Å². The zero-order valence-corrected chi connectivity index (χ0v) is 12.5. The van der Waals surface area contributed by atoms with E-state index < -0.39 is 0 Å². The number of thiazole rings is 1. The van der Waals surface area contributed by atoms with Crippen LogP contribution in [0, 0.1) is 0 Å². The molecule has 0 saturated heterocycles. The van der Waals surface area contributed by atoms with Crippen LogP contribution in [0.15, 0.2) is 28.4 Å². The predicted octanol–water partition coefficient (Wildman–Crippen LogP) is 3.41. The third-order valence-electron chi connectivity index (χ3n) is 2.37. The first kappa shape index (κ1) is 12.0. The molecule has 0 unspecified atom stereocenters. The highest BCUT2D eigenvalue weighted by atomic mass is 79.9. The standard InChI is InChI=1S/C11H9BrN4S2/c12-3-9-4-16(15-14-9)5-10-7-18-11(13-10)8-1-2-17-6-8/h1-2,4,6-7H,3,5H2. The van der Waals surface area contributed by atoms with Crippen LogP contribution in [0.25, 0.3) is 10.6 Å². The fraction of sp³-hybridized carbons (Fsp3) is 0.182. The van der Waals surface area contributed by atoms with Gasteiger partial charge >= 0.3 is 0 Å². The molecule has 3 aromatic rings. The van der Waals surface area contributed by atoms with Gasteiger partial charge in [-0.1, -0.05) is 21.1 Å². The van der Waals surface area contributed by atoms with Crippen LogP contribution in [0.3, 0.4) is 0 Å². The first-order valence-corrected chi connectivity index (χ1v) is 8.21. The molecule has 7 heteroatoms. The molecule has 0 fully saturated rings. The Bertz CT molecular complexity index is 629. The Balaban J connectivity index is 1.77. The van der Waals surface area contributed by atoms with Crippen LogP contribution < -0.4 is 0 Å². The van der Waals surface area contributed by atoms with Gasteiger partial charge in [0.25, 0.3) is 0 Å². The molecule has 0 aliphatic rings. The molecule has 0 spiro atoms. The van der Waals surface area contributed by atoms with E-state index in [0.717, 1.165) is 21.7 Å². The Hall–Kier alpha value is -1.05. The second-order valence-electron chi connectivity index (χ2n) is 3.70. The van der Waals surface area contributed by atoms with Crippen LogP contribution in [0.5, 0.6) is 0 Å². The highest BCUT2D eigenvalue weighted by Gasteiger charge is 2.06. The van der Waals surface area contributed by atoms with Crippen LogP contribution in [-0.4, -0.2) is 20.0 Å². The Morgan fingerprint density at radius 3 is 2.94 bits per heavy atom.